The SMILES string of the molecule is O=S1(=O)C=CC(NCc2csc(C34CC5CC(CC(C5)C3)C4)n2)C1. The topological polar surface area (TPSA) is 59.1 Å². The monoisotopic (exact) mass is 364 g/mol. The molecule has 0 aromatic carbocycles. The summed E-state index contributed by atoms with van der Waals surface area (Å²) in [5.74, 6) is 3.00. The van der Waals surface area contributed by atoms with E-state index in [1.54, 1.807) is 6.08 Å². The summed E-state index contributed by atoms with van der Waals surface area (Å²) in [7, 11) is -2.99. The molecule has 24 heavy (non-hydrogen) atoms. The molecular weight excluding hydrogens is 340 g/mol. The van der Waals surface area contributed by atoms with E-state index in [1.807, 2.05) is 11.3 Å². The Morgan fingerprint density at radius 3 is 2.42 bits per heavy atom. The van der Waals surface area contributed by atoms with Gasteiger partial charge in [-0.15, -0.1) is 11.3 Å². The third-order valence-electron chi connectivity index (χ3n) is 6.52. The zero-order valence-electron chi connectivity index (χ0n) is 13.8. The molecular formula is C18H24N2O2S2. The number of rotatable bonds is 4. The lowest BCUT2D eigenvalue weighted by Gasteiger charge is -2.56. The lowest BCUT2D eigenvalue weighted by atomic mass is 9.50. The molecule has 4 saturated carbocycles. The van der Waals surface area contributed by atoms with Gasteiger partial charge in [0, 0.05) is 28.8 Å². The maximum absolute atomic E-state index is 11.5. The van der Waals surface area contributed by atoms with Crippen LogP contribution in [0.5, 0.6) is 0 Å². The summed E-state index contributed by atoms with van der Waals surface area (Å²) in [6.07, 6.45) is 10.2. The van der Waals surface area contributed by atoms with Crippen molar-refractivity contribution in [3.05, 3.63) is 27.6 Å². The van der Waals surface area contributed by atoms with E-state index in [0.717, 1.165) is 23.4 Å². The number of nitrogens with one attached hydrogen (secondary N) is 1. The van der Waals surface area contributed by atoms with Crippen molar-refractivity contribution in [1.82, 2.24) is 10.3 Å². The van der Waals surface area contributed by atoms with Gasteiger partial charge in [-0.25, -0.2) is 13.4 Å². The van der Waals surface area contributed by atoms with E-state index in [4.69, 9.17) is 4.98 Å². The fourth-order valence-corrected chi connectivity index (χ4v) is 8.27. The second-order valence-corrected chi connectivity index (χ2v) is 11.3. The summed E-state index contributed by atoms with van der Waals surface area (Å²) in [4.78, 5) is 4.98. The first-order valence-electron chi connectivity index (χ1n) is 9.09. The van der Waals surface area contributed by atoms with Crippen LogP contribution in [0.15, 0.2) is 16.9 Å². The molecule has 4 fully saturated rings. The highest BCUT2D eigenvalue weighted by Gasteiger charge is 2.52. The second-order valence-electron chi connectivity index (χ2n) is 8.49. The second kappa shape index (κ2) is 5.39. The molecule has 1 aromatic rings. The molecule has 0 saturated heterocycles. The van der Waals surface area contributed by atoms with Crippen LogP contribution in [0.3, 0.4) is 0 Å². The van der Waals surface area contributed by atoms with Crippen molar-refractivity contribution in [3.63, 3.8) is 0 Å². The van der Waals surface area contributed by atoms with Crippen molar-refractivity contribution in [1.29, 1.82) is 0 Å². The Morgan fingerprint density at radius 1 is 1.17 bits per heavy atom. The average Bonchev–Trinajstić information content (AvgIpc) is 3.10. The fraction of sp³-hybridized carbons (Fsp3) is 0.722. The van der Waals surface area contributed by atoms with Gasteiger partial charge in [0.2, 0.25) is 0 Å². The van der Waals surface area contributed by atoms with Gasteiger partial charge in [0.1, 0.15) is 0 Å². The first-order valence-corrected chi connectivity index (χ1v) is 11.7. The Kier molecular flexibility index (Phi) is 3.48. The van der Waals surface area contributed by atoms with Gasteiger partial charge in [-0.2, -0.15) is 0 Å². The van der Waals surface area contributed by atoms with Crippen molar-refractivity contribution in [2.45, 2.75) is 56.5 Å². The fourth-order valence-electron chi connectivity index (χ4n) is 5.94. The third-order valence-corrected chi connectivity index (χ3v) is 9.05. The normalized spacial score (nSPS) is 42.0. The van der Waals surface area contributed by atoms with Crippen LogP contribution in [0.25, 0.3) is 0 Å². The highest BCUT2D eigenvalue weighted by molar-refractivity contribution is 7.94. The highest BCUT2D eigenvalue weighted by atomic mass is 32.2. The van der Waals surface area contributed by atoms with Crippen LogP contribution < -0.4 is 5.32 Å². The summed E-state index contributed by atoms with van der Waals surface area (Å²) in [6.45, 7) is 0.660. The van der Waals surface area contributed by atoms with Crippen LogP contribution in [0.1, 0.15) is 49.2 Å². The van der Waals surface area contributed by atoms with E-state index in [0.29, 0.717) is 12.0 Å². The van der Waals surface area contributed by atoms with Gasteiger partial charge < -0.3 is 5.32 Å². The van der Waals surface area contributed by atoms with Crippen LogP contribution in [-0.2, 0) is 21.8 Å². The van der Waals surface area contributed by atoms with Crippen LogP contribution >= 0.6 is 11.3 Å². The van der Waals surface area contributed by atoms with E-state index < -0.39 is 9.84 Å². The Balaban J connectivity index is 1.29. The number of nitrogens with zero attached hydrogens (tertiary/aromatic N) is 1. The minimum atomic E-state index is -2.99. The lowest BCUT2D eigenvalue weighted by Crippen LogP contribution is -2.48. The number of sulfone groups is 1. The number of aromatic nitrogens is 1. The Bertz CT molecular complexity index is 745. The van der Waals surface area contributed by atoms with Crippen molar-refractivity contribution in [2.24, 2.45) is 17.8 Å². The van der Waals surface area contributed by atoms with Crippen LogP contribution in [0.4, 0.5) is 0 Å². The summed E-state index contributed by atoms with van der Waals surface area (Å²) in [5, 5.41) is 8.17. The number of hydrogen-bond acceptors (Lipinski definition) is 5. The van der Waals surface area contributed by atoms with Gasteiger partial charge in [-0.1, -0.05) is 6.08 Å². The van der Waals surface area contributed by atoms with E-state index >= 15 is 0 Å². The maximum Gasteiger partial charge on any atom is 0.173 e. The maximum atomic E-state index is 11.5. The minimum absolute atomic E-state index is 0.0697. The molecule has 1 atom stereocenters. The zero-order chi connectivity index (χ0) is 16.4. The van der Waals surface area contributed by atoms with Crippen molar-refractivity contribution >= 4 is 21.2 Å². The largest absolute Gasteiger partial charge is 0.304 e. The Labute approximate surface area is 147 Å². The molecule has 2 heterocycles. The number of thiazole rings is 1. The molecule has 4 aliphatic carbocycles. The molecule has 6 heteroatoms. The molecule has 1 aromatic heterocycles. The standard InChI is InChI=1S/C18H24N2O2S2/c21-24(22)2-1-15(11-24)19-9-16-10-23-17(20-16)18-6-12-3-13(7-18)5-14(4-12)8-18/h1-2,10,12-15,19H,3-9,11H2. The van der Waals surface area contributed by atoms with E-state index in [-0.39, 0.29) is 11.8 Å². The average molecular weight is 365 g/mol. The molecule has 1 unspecified atom stereocenters. The molecule has 0 radical (unpaired) electrons. The van der Waals surface area contributed by atoms with Gasteiger partial charge >= 0.3 is 0 Å². The molecule has 1 N–H and O–H groups in total. The quantitative estimate of drug-likeness (QED) is 0.892. The molecule has 6 rings (SSSR count). The molecule has 0 spiro atoms. The molecule has 0 amide bonds. The van der Waals surface area contributed by atoms with Crippen molar-refractivity contribution < 1.29 is 8.42 Å². The van der Waals surface area contributed by atoms with Gasteiger partial charge in [0.15, 0.2) is 9.84 Å². The first kappa shape index (κ1) is 15.5. The summed E-state index contributed by atoms with van der Waals surface area (Å²) >= 11 is 1.83. The first-order chi connectivity index (χ1) is 11.5. The van der Waals surface area contributed by atoms with Crippen LogP contribution in [0, 0.1) is 17.8 Å². The molecule has 130 valence electrons. The van der Waals surface area contributed by atoms with E-state index in [9.17, 15) is 8.42 Å². The summed E-state index contributed by atoms with van der Waals surface area (Å²) < 4.78 is 23.0. The Hall–Kier alpha value is -0.720. The predicted octanol–water partition coefficient (Wildman–Crippen LogP) is 3.01. The smallest absolute Gasteiger partial charge is 0.173 e. The van der Waals surface area contributed by atoms with E-state index in [2.05, 4.69) is 10.7 Å². The van der Waals surface area contributed by atoms with Gasteiger partial charge in [0.05, 0.1) is 16.5 Å². The zero-order valence-corrected chi connectivity index (χ0v) is 15.4. The van der Waals surface area contributed by atoms with Crippen molar-refractivity contribution in [3.8, 4) is 0 Å². The Morgan fingerprint density at radius 2 is 1.83 bits per heavy atom. The lowest BCUT2D eigenvalue weighted by molar-refractivity contribution is -0.00534. The van der Waals surface area contributed by atoms with Crippen molar-refractivity contribution in [2.75, 3.05) is 5.75 Å². The predicted molar refractivity (Wildman–Crippen MR) is 95.5 cm³/mol. The summed E-state index contributed by atoms with van der Waals surface area (Å²) in [5.41, 5.74) is 1.44. The highest BCUT2D eigenvalue weighted by Crippen LogP contribution is 2.61. The van der Waals surface area contributed by atoms with Crippen LogP contribution in [-0.4, -0.2) is 25.2 Å². The van der Waals surface area contributed by atoms with Gasteiger partial charge in [0.25, 0.3) is 0 Å². The number of hydrogen-bond donors (Lipinski definition) is 1. The summed E-state index contributed by atoms with van der Waals surface area (Å²) in [6, 6.07) is -0.0697. The minimum Gasteiger partial charge on any atom is -0.304 e. The van der Waals surface area contributed by atoms with Gasteiger partial charge in [-0.05, 0) is 56.3 Å². The molecule has 5 aliphatic rings. The molecule has 4 bridgehead atoms. The molecule has 4 nitrogen and oxygen atoms in total. The van der Waals surface area contributed by atoms with Gasteiger partial charge in [-0.3, -0.25) is 0 Å². The van der Waals surface area contributed by atoms with E-state index in [1.165, 1.54) is 48.9 Å². The third kappa shape index (κ3) is 2.67. The van der Waals surface area contributed by atoms with Crippen LogP contribution in [0.2, 0.25) is 0 Å². The molecule has 1 aliphatic heterocycles.